The van der Waals surface area contributed by atoms with E-state index in [0.717, 1.165) is 44.5 Å². The number of pyridine rings is 1. The molecule has 1 fully saturated rings. The molecule has 1 aliphatic heterocycles. The molecule has 0 amide bonds. The number of nitrogens with one attached hydrogen (secondary N) is 1. The molecule has 0 aliphatic carbocycles. The number of aromatic nitrogens is 1. The Morgan fingerprint density at radius 1 is 1.18 bits per heavy atom. The van der Waals surface area contributed by atoms with Gasteiger partial charge in [0.25, 0.3) is 0 Å². The lowest BCUT2D eigenvalue weighted by Gasteiger charge is -2.25. The molecule has 144 valence electrons. The highest BCUT2D eigenvalue weighted by Gasteiger charge is 2.41. The van der Waals surface area contributed by atoms with Crippen LogP contribution in [0.1, 0.15) is 36.9 Å². The first-order chi connectivity index (χ1) is 13.7. The number of hydrogen-bond donors (Lipinski definition) is 1. The van der Waals surface area contributed by atoms with E-state index in [9.17, 15) is 0 Å². The molecule has 3 heterocycles. The highest BCUT2D eigenvalue weighted by Crippen LogP contribution is 2.41. The zero-order valence-electron chi connectivity index (χ0n) is 15.3. The maximum Gasteiger partial charge on any atom is 0.170 e. The van der Waals surface area contributed by atoms with E-state index >= 15 is 0 Å². The topological polar surface area (TPSA) is 41.3 Å². The monoisotopic (exact) mass is 429 g/mol. The Morgan fingerprint density at radius 2 is 2.00 bits per heavy atom. The minimum Gasteiger partial charge on any atom is -0.452 e. The van der Waals surface area contributed by atoms with Crippen LogP contribution in [0, 0.1) is 0 Å². The second kappa shape index (κ2) is 8.55. The summed E-state index contributed by atoms with van der Waals surface area (Å²) in [4.78, 5) is 7.82. The molecule has 1 aromatic carbocycles. The SMILES string of the molecule is CCCN1C(=S)NC(c2ccccn2)C1c1ccc(Sc2ccc(Cl)cc2)o1. The first-order valence-electron chi connectivity index (χ1n) is 9.17. The van der Waals surface area contributed by atoms with Gasteiger partial charge in [0, 0.05) is 22.7 Å². The van der Waals surface area contributed by atoms with Gasteiger partial charge in [-0.2, -0.15) is 0 Å². The summed E-state index contributed by atoms with van der Waals surface area (Å²) in [7, 11) is 0. The van der Waals surface area contributed by atoms with E-state index in [0.29, 0.717) is 0 Å². The summed E-state index contributed by atoms with van der Waals surface area (Å²) in [5.74, 6) is 0.882. The molecule has 3 aromatic rings. The van der Waals surface area contributed by atoms with Crippen LogP contribution in [0.25, 0.3) is 0 Å². The molecular formula is C21H20ClN3OS2. The van der Waals surface area contributed by atoms with E-state index in [1.807, 2.05) is 60.8 Å². The zero-order valence-corrected chi connectivity index (χ0v) is 17.7. The second-order valence-electron chi connectivity index (χ2n) is 6.53. The van der Waals surface area contributed by atoms with Gasteiger partial charge in [-0.15, -0.1) is 0 Å². The zero-order chi connectivity index (χ0) is 19.5. The summed E-state index contributed by atoms with van der Waals surface area (Å²) >= 11 is 13.2. The lowest BCUT2D eigenvalue weighted by molar-refractivity contribution is 0.260. The molecule has 7 heteroatoms. The Labute approximate surface area is 179 Å². The van der Waals surface area contributed by atoms with Crippen LogP contribution in [0.15, 0.2) is 75.2 Å². The number of hydrogen-bond acceptors (Lipinski definition) is 4. The smallest absolute Gasteiger partial charge is 0.170 e. The van der Waals surface area contributed by atoms with Crippen molar-refractivity contribution in [1.29, 1.82) is 0 Å². The number of furan rings is 1. The predicted molar refractivity (Wildman–Crippen MR) is 117 cm³/mol. The molecule has 1 aliphatic rings. The van der Waals surface area contributed by atoms with E-state index in [2.05, 4.69) is 22.1 Å². The summed E-state index contributed by atoms with van der Waals surface area (Å²) < 4.78 is 6.24. The van der Waals surface area contributed by atoms with E-state index < -0.39 is 0 Å². The van der Waals surface area contributed by atoms with E-state index in [-0.39, 0.29) is 12.1 Å². The molecule has 0 radical (unpaired) electrons. The fourth-order valence-corrected chi connectivity index (χ4v) is 4.60. The second-order valence-corrected chi connectivity index (χ2v) is 8.43. The molecule has 1 saturated heterocycles. The Kier molecular flexibility index (Phi) is 5.90. The highest BCUT2D eigenvalue weighted by atomic mass is 35.5. The van der Waals surface area contributed by atoms with Crippen molar-refractivity contribution in [2.75, 3.05) is 6.54 Å². The van der Waals surface area contributed by atoms with E-state index in [1.54, 1.807) is 11.8 Å². The first kappa shape index (κ1) is 19.3. The molecule has 0 bridgehead atoms. The van der Waals surface area contributed by atoms with Gasteiger partial charge in [0.1, 0.15) is 11.8 Å². The summed E-state index contributed by atoms with van der Waals surface area (Å²) in [5.41, 5.74) is 0.955. The number of nitrogens with zero attached hydrogens (tertiary/aromatic N) is 2. The first-order valence-corrected chi connectivity index (χ1v) is 10.8. The van der Waals surface area contributed by atoms with Gasteiger partial charge in [-0.05, 0) is 67.2 Å². The maximum atomic E-state index is 6.24. The fourth-order valence-electron chi connectivity index (χ4n) is 3.36. The number of halogens is 1. The minimum absolute atomic E-state index is 0.0260. The van der Waals surface area contributed by atoms with Crippen molar-refractivity contribution >= 4 is 40.7 Å². The Hall–Kier alpha value is -2.02. The molecule has 4 nitrogen and oxygen atoms in total. The van der Waals surface area contributed by atoms with Crippen LogP contribution < -0.4 is 5.32 Å². The molecule has 0 saturated carbocycles. The van der Waals surface area contributed by atoms with Crippen molar-refractivity contribution in [2.45, 2.75) is 35.4 Å². The summed E-state index contributed by atoms with van der Waals surface area (Å²) in [6.45, 7) is 3.01. The number of benzene rings is 1. The lowest BCUT2D eigenvalue weighted by Crippen LogP contribution is -2.30. The van der Waals surface area contributed by atoms with Gasteiger partial charge in [0.15, 0.2) is 10.2 Å². The average Bonchev–Trinajstić information content (AvgIpc) is 3.29. The van der Waals surface area contributed by atoms with Gasteiger partial charge in [-0.1, -0.05) is 36.4 Å². The van der Waals surface area contributed by atoms with Crippen LogP contribution in [-0.4, -0.2) is 21.5 Å². The molecule has 2 atom stereocenters. The fraction of sp³-hybridized carbons (Fsp3) is 0.238. The molecule has 2 unspecified atom stereocenters. The largest absolute Gasteiger partial charge is 0.452 e. The summed E-state index contributed by atoms with van der Waals surface area (Å²) in [6, 6.07) is 17.7. The molecule has 2 aromatic heterocycles. The van der Waals surface area contributed by atoms with Crippen LogP contribution in [0.4, 0.5) is 0 Å². The molecule has 4 rings (SSSR count). The average molecular weight is 430 g/mol. The van der Waals surface area contributed by atoms with Crippen molar-refractivity contribution < 1.29 is 4.42 Å². The highest BCUT2D eigenvalue weighted by molar-refractivity contribution is 7.99. The van der Waals surface area contributed by atoms with Crippen molar-refractivity contribution in [3.05, 3.63) is 77.3 Å². The van der Waals surface area contributed by atoms with Crippen molar-refractivity contribution in [3.63, 3.8) is 0 Å². The molecule has 1 N–H and O–H groups in total. The third-order valence-corrected chi connectivity index (χ3v) is 6.12. The third-order valence-electron chi connectivity index (χ3n) is 4.59. The minimum atomic E-state index is -0.0419. The number of thiocarbonyl (C=S) groups is 1. The van der Waals surface area contributed by atoms with Crippen LogP contribution in [0.2, 0.25) is 5.02 Å². The Balaban J connectivity index is 1.63. The van der Waals surface area contributed by atoms with Crippen LogP contribution >= 0.6 is 35.6 Å². The van der Waals surface area contributed by atoms with Crippen molar-refractivity contribution in [2.24, 2.45) is 0 Å². The number of rotatable bonds is 6. The van der Waals surface area contributed by atoms with Gasteiger partial charge in [-0.25, -0.2) is 0 Å². The Bertz CT molecular complexity index is 946. The van der Waals surface area contributed by atoms with Crippen molar-refractivity contribution in [1.82, 2.24) is 15.2 Å². The van der Waals surface area contributed by atoms with E-state index in [4.69, 9.17) is 28.2 Å². The molecule has 28 heavy (non-hydrogen) atoms. The van der Waals surface area contributed by atoms with Crippen LogP contribution in [0.3, 0.4) is 0 Å². The predicted octanol–water partition coefficient (Wildman–Crippen LogP) is 5.86. The van der Waals surface area contributed by atoms with Crippen LogP contribution in [0.5, 0.6) is 0 Å². The van der Waals surface area contributed by atoms with Crippen LogP contribution in [-0.2, 0) is 0 Å². The lowest BCUT2D eigenvalue weighted by atomic mass is 10.0. The van der Waals surface area contributed by atoms with Gasteiger partial charge in [0.2, 0.25) is 0 Å². The standard InChI is InChI=1S/C21H20ClN3OS2/c1-2-13-25-20(19(24-21(25)27)16-5-3-4-12-23-16)17-10-11-18(26-17)28-15-8-6-14(22)7-9-15/h3-12,19-20H,2,13H2,1H3,(H,24,27). The summed E-state index contributed by atoms with van der Waals surface area (Å²) in [6.07, 6.45) is 2.81. The molecular weight excluding hydrogens is 410 g/mol. The quantitative estimate of drug-likeness (QED) is 0.495. The summed E-state index contributed by atoms with van der Waals surface area (Å²) in [5, 5.41) is 5.74. The maximum absolute atomic E-state index is 6.24. The molecule has 0 spiro atoms. The van der Waals surface area contributed by atoms with Crippen molar-refractivity contribution in [3.8, 4) is 0 Å². The van der Waals surface area contributed by atoms with Gasteiger partial charge < -0.3 is 14.6 Å². The Morgan fingerprint density at radius 3 is 2.71 bits per heavy atom. The normalized spacial score (nSPS) is 19.1. The van der Waals surface area contributed by atoms with Gasteiger partial charge >= 0.3 is 0 Å². The third kappa shape index (κ3) is 4.04. The van der Waals surface area contributed by atoms with Gasteiger partial charge in [-0.3, -0.25) is 4.98 Å². The van der Waals surface area contributed by atoms with Gasteiger partial charge in [0.05, 0.1) is 11.7 Å². The van der Waals surface area contributed by atoms with E-state index in [1.165, 1.54) is 0 Å².